The molecule has 1 aliphatic heterocycles. The van der Waals surface area contributed by atoms with Crippen LogP contribution >= 0.6 is 12.2 Å². The van der Waals surface area contributed by atoms with Crippen molar-refractivity contribution in [2.24, 2.45) is 11.8 Å². The maximum atomic E-state index is 12.1. The summed E-state index contributed by atoms with van der Waals surface area (Å²) in [5, 5.41) is 14.8. The number of hydrogen-bond donors (Lipinski definition) is 3. The van der Waals surface area contributed by atoms with Crippen LogP contribution in [0.1, 0.15) is 38.7 Å². The maximum absolute atomic E-state index is 12.1. The van der Waals surface area contributed by atoms with E-state index < -0.39 is 10.8 Å². The molecule has 1 amide bonds. The molecule has 29 heavy (non-hydrogen) atoms. The molecular weight excluding hydrogens is 396 g/mol. The monoisotopic (exact) mass is 420 g/mol. The van der Waals surface area contributed by atoms with E-state index in [9.17, 15) is 14.9 Å². The minimum absolute atomic E-state index is 0.00684. The van der Waals surface area contributed by atoms with Gasteiger partial charge in [0.2, 0.25) is 6.79 Å². The van der Waals surface area contributed by atoms with E-state index in [1.54, 1.807) is 0 Å². The quantitative estimate of drug-likeness (QED) is 0.295. The van der Waals surface area contributed by atoms with Gasteiger partial charge in [-0.15, -0.1) is 0 Å². The first-order chi connectivity index (χ1) is 13.8. The number of nitro groups is 1. The fraction of sp³-hybridized carbons (Fsp3) is 0.474. The number of benzene rings is 1. The Morgan fingerprint density at radius 2 is 1.97 bits per heavy atom. The first-order valence-corrected chi connectivity index (χ1v) is 9.88. The molecule has 1 aromatic carbocycles. The van der Waals surface area contributed by atoms with Crippen molar-refractivity contribution in [2.45, 2.75) is 39.2 Å². The van der Waals surface area contributed by atoms with Crippen molar-refractivity contribution in [1.82, 2.24) is 16.2 Å². The highest BCUT2D eigenvalue weighted by molar-refractivity contribution is 7.80. The largest absolute Gasteiger partial charge is 0.454 e. The van der Waals surface area contributed by atoms with Gasteiger partial charge in [-0.2, -0.15) is 0 Å². The molecule has 0 unspecified atom stereocenters. The lowest BCUT2D eigenvalue weighted by Gasteiger charge is -2.35. The summed E-state index contributed by atoms with van der Waals surface area (Å²) in [7, 11) is 0. The van der Waals surface area contributed by atoms with Gasteiger partial charge >= 0.3 is 0 Å². The third kappa shape index (κ3) is 5.14. The SMILES string of the molecule is C[C@@H]1[C@H](C)CCC[C@H]1NC(=S)NNC(=O)/C=C/c1cc2c(cc1[N+](=O)[O-])OCO2. The first-order valence-electron chi connectivity index (χ1n) is 9.47. The van der Waals surface area contributed by atoms with Crippen LogP contribution in [0.15, 0.2) is 18.2 Å². The summed E-state index contributed by atoms with van der Waals surface area (Å²) in [4.78, 5) is 22.8. The summed E-state index contributed by atoms with van der Waals surface area (Å²) in [5.41, 5.74) is 5.19. The van der Waals surface area contributed by atoms with E-state index in [4.69, 9.17) is 21.7 Å². The molecule has 1 saturated carbocycles. The number of carbonyl (C=O) groups excluding carboxylic acids is 1. The van der Waals surface area contributed by atoms with Gasteiger partial charge in [-0.3, -0.25) is 25.8 Å². The molecule has 3 atom stereocenters. The first kappa shape index (κ1) is 20.8. The zero-order valence-corrected chi connectivity index (χ0v) is 17.1. The van der Waals surface area contributed by atoms with Gasteiger partial charge in [-0.25, -0.2) is 0 Å². The predicted octanol–water partition coefficient (Wildman–Crippen LogP) is 2.66. The van der Waals surface area contributed by atoms with Crippen LogP contribution in [0.4, 0.5) is 5.69 Å². The van der Waals surface area contributed by atoms with Crippen molar-refractivity contribution < 1.29 is 19.2 Å². The molecule has 9 nitrogen and oxygen atoms in total. The van der Waals surface area contributed by atoms with Crippen LogP contribution in [0, 0.1) is 22.0 Å². The Hall–Kier alpha value is -2.88. The van der Waals surface area contributed by atoms with Crippen molar-refractivity contribution in [3.8, 4) is 11.5 Å². The summed E-state index contributed by atoms with van der Waals surface area (Å²) < 4.78 is 10.4. The lowest BCUT2D eigenvalue weighted by molar-refractivity contribution is -0.385. The Balaban J connectivity index is 1.55. The van der Waals surface area contributed by atoms with E-state index in [2.05, 4.69) is 30.0 Å². The number of fused-ring (bicyclic) bond motifs is 1. The van der Waals surface area contributed by atoms with Crippen LogP contribution in [0.2, 0.25) is 0 Å². The van der Waals surface area contributed by atoms with Crippen LogP contribution in [0.5, 0.6) is 11.5 Å². The Bertz CT molecular complexity index is 844. The average Bonchev–Trinajstić information content (AvgIpc) is 3.15. The number of nitrogens with zero attached hydrogens (tertiary/aromatic N) is 1. The van der Waals surface area contributed by atoms with Crippen molar-refractivity contribution in [1.29, 1.82) is 0 Å². The number of amides is 1. The summed E-state index contributed by atoms with van der Waals surface area (Å²) in [6.07, 6.45) is 5.93. The topological polar surface area (TPSA) is 115 Å². The number of nitro benzene ring substituents is 1. The fourth-order valence-electron chi connectivity index (χ4n) is 3.55. The molecule has 1 aliphatic carbocycles. The van der Waals surface area contributed by atoms with Crippen molar-refractivity contribution in [3.05, 3.63) is 33.9 Å². The van der Waals surface area contributed by atoms with Gasteiger partial charge in [0.05, 0.1) is 16.6 Å². The Kier molecular flexibility index (Phi) is 6.53. The standard InChI is InChI=1S/C19H24N4O5S/c1-11-4-3-5-14(12(11)2)20-19(29)22-21-18(24)7-6-13-8-16-17(28-10-27-16)9-15(13)23(25)26/h6-9,11-12,14H,3-5,10H2,1-2H3,(H,21,24)(H2,20,22,29)/b7-6+/t11-,12-,14-/m1/s1. The third-order valence-corrected chi connectivity index (χ3v) is 5.68. The molecular formula is C19H24N4O5S. The van der Waals surface area contributed by atoms with Crippen molar-refractivity contribution in [2.75, 3.05) is 6.79 Å². The van der Waals surface area contributed by atoms with E-state index in [0.29, 0.717) is 28.4 Å². The number of thiocarbonyl (C=S) groups is 1. The van der Waals surface area contributed by atoms with Crippen LogP contribution in [-0.4, -0.2) is 28.8 Å². The third-order valence-electron chi connectivity index (χ3n) is 5.46. The second-order valence-electron chi connectivity index (χ2n) is 7.32. The van der Waals surface area contributed by atoms with Crippen molar-refractivity contribution in [3.63, 3.8) is 0 Å². The molecule has 1 aromatic rings. The number of nitrogens with one attached hydrogen (secondary N) is 3. The number of ether oxygens (including phenoxy) is 2. The summed E-state index contributed by atoms with van der Waals surface area (Å²) in [5.74, 6) is 1.33. The normalized spacial score (nSPS) is 22.9. The zero-order chi connectivity index (χ0) is 21.0. The number of carbonyl (C=O) groups is 1. The lowest BCUT2D eigenvalue weighted by atomic mass is 9.78. The molecule has 1 fully saturated rings. The van der Waals surface area contributed by atoms with E-state index in [0.717, 1.165) is 12.8 Å². The Morgan fingerprint density at radius 3 is 2.69 bits per heavy atom. The molecule has 2 aliphatic rings. The highest BCUT2D eigenvalue weighted by Gasteiger charge is 2.27. The minimum atomic E-state index is -0.539. The molecule has 3 rings (SSSR count). The number of rotatable bonds is 4. The fourth-order valence-corrected chi connectivity index (χ4v) is 3.76. The van der Waals surface area contributed by atoms with Gasteiger partial charge in [0.1, 0.15) is 0 Å². The van der Waals surface area contributed by atoms with Gasteiger partial charge in [0.15, 0.2) is 16.6 Å². The molecule has 10 heteroatoms. The summed E-state index contributed by atoms with van der Waals surface area (Å²) >= 11 is 5.25. The predicted molar refractivity (Wildman–Crippen MR) is 111 cm³/mol. The lowest BCUT2D eigenvalue weighted by Crippen LogP contribution is -2.52. The Labute approximate surface area is 173 Å². The van der Waals surface area contributed by atoms with E-state index in [-0.39, 0.29) is 24.1 Å². The summed E-state index contributed by atoms with van der Waals surface area (Å²) in [6, 6.07) is 3.02. The van der Waals surface area contributed by atoms with Gasteiger partial charge in [0, 0.05) is 12.1 Å². The molecule has 0 aromatic heterocycles. The minimum Gasteiger partial charge on any atom is -0.454 e. The number of hydrogen-bond acceptors (Lipinski definition) is 6. The molecule has 0 spiro atoms. The van der Waals surface area contributed by atoms with Gasteiger partial charge < -0.3 is 14.8 Å². The molecule has 156 valence electrons. The molecule has 0 radical (unpaired) electrons. The summed E-state index contributed by atoms with van der Waals surface area (Å²) in [6.45, 7) is 4.44. The van der Waals surface area contributed by atoms with E-state index >= 15 is 0 Å². The van der Waals surface area contributed by atoms with Crippen LogP contribution < -0.4 is 25.6 Å². The number of hydrazine groups is 1. The second-order valence-corrected chi connectivity index (χ2v) is 7.72. The Morgan fingerprint density at radius 1 is 1.24 bits per heavy atom. The highest BCUT2D eigenvalue weighted by atomic mass is 32.1. The average molecular weight is 420 g/mol. The van der Waals surface area contributed by atoms with Crippen LogP contribution in [0.25, 0.3) is 6.08 Å². The van der Waals surface area contributed by atoms with Crippen LogP contribution in [-0.2, 0) is 4.79 Å². The molecule has 1 heterocycles. The molecule has 3 N–H and O–H groups in total. The molecule has 0 bridgehead atoms. The van der Waals surface area contributed by atoms with Gasteiger partial charge in [0.25, 0.3) is 11.6 Å². The van der Waals surface area contributed by atoms with Gasteiger partial charge in [-0.05, 0) is 42.6 Å². The highest BCUT2D eigenvalue weighted by Crippen LogP contribution is 2.38. The van der Waals surface area contributed by atoms with E-state index in [1.165, 1.54) is 30.7 Å². The molecule has 0 saturated heterocycles. The van der Waals surface area contributed by atoms with Crippen molar-refractivity contribution >= 4 is 35.0 Å². The second kappa shape index (κ2) is 9.08. The zero-order valence-electron chi connectivity index (χ0n) is 16.3. The van der Waals surface area contributed by atoms with Gasteiger partial charge in [-0.1, -0.05) is 26.7 Å². The maximum Gasteiger partial charge on any atom is 0.280 e. The smallest absolute Gasteiger partial charge is 0.280 e. The van der Waals surface area contributed by atoms with E-state index in [1.807, 2.05) is 0 Å². The van der Waals surface area contributed by atoms with Crippen LogP contribution in [0.3, 0.4) is 0 Å².